The fourth-order valence-electron chi connectivity index (χ4n) is 2.49. The molecule has 3 aromatic rings. The summed E-state index contributed by atoms with van der Waals surface area (Å²) in [5.41, 5.74) is 4.24. The van der Waals surface area contributed by atoms with Crippen LogP contribution in [0.1, 0.15) is 16.8 Å². The standard InChI is InChI=1S/C21H21ClN2O2S/c1-14-3-5-16(6-4-14)21-24-17(13-27-21)9-10-23-20(25)12-26-18-7-8-19(22)15(2)11-18/h3-8,11,13H,9-10,12H2,1-2H3,(H,23,25). The summed E-state index contributed by atoms with van der Waals surface area (Å²) in [6.45, 7) is 4.47. The van der Waals surface area contributed by atoms with Gasteiger partial charge in [0, 0.05) is 28.9 Å². The van der Waals surface area contributed by atoms with E-state index in [2.05, 4.69) is 41.5 Å². The number of ether oxygens (including phenoxy) is 1. The molecule has 1 amide bonds. The third kappa shape index (κ3) is 5.55. The van der Waals surface area contributed by atoms with E-state index in [1.54, 1.807) is 23.5 Å². The highest BCUT2D eigenvalue weighted by Crippen LogP contribution is 2.24. The third-order valence-electron chi connectivity index (χ3n) is 4.05. The Balaban J connectivity index is 1.43. The van der Waals surface area contributed by atoms with Crippen LogP contribution in [0, 0.1) is 13.8 Å². The molecule has 3 rings (SSSR count). The van der Waals surface area contributed by atoms with Crippen LogP contribution in [0.4, 0.5) is 0 Å². The van der Waals surface area contributed by atoms with Gasteiger partial charge in [0.1, 0.15) is 10.8 Å². The number of hydrogen-bond acceptors (Lipinski definition) is 4. The maximum Gasteiger partial charge on any atom is 0.257 e. The molecule has 140 valence electrons. The topological polar surface area (TPSA) is 51.2 Å². The van der Waals surface area contributed by atoms with Crippen molar-refractivity contribution in [2.45, 2.75) is 20.3 Å². The smallest absolute Gasteiger partial charge is 0.257 e. The summed E-state index contributed by atoms with van der Waals surface area (Å²) < 4.78 is 5.49. The highest BCUT2D eigenvalue weighted by molar-refractivity contribution is 7.13. The minimum absolute atomic E-state index is 0.0211. The van der Waals surface area contributed by atoms with Crippen LogP contribution in [-0.4, -0.2) is 24.0 Å². The summed E-state index contributed by atoms with van der Waals surface area (Å²) in [6.07, 6.45) is 0.689. The monoisotopic (exact) mass is 400 g/mol. The zero-order chi connectivity index (χ0) is 19.2. The number of aryl methyl sites for hydroxylation is 2. The Morgan fingerprint density at radius 2 is 1.96 bits per heavy atom. The first kappa shape index (κ1) is 19.4. The van der Waals surface area contributed by atoms with Gasteiger partial charge in [-0.05, 0) is 37.6 Å². The lowest BCUT2D eigenvalue weighted by atomic mass is 10.2. The molecule has 0 radical (unpaired) electrons. The van der Waals surface area contributed by atoms with Crippen LogP contribution < -0.4 is 10.1 Å². The van der Waals surface area contributed by atoms with Crippen LogP contribution in [-0.2, 0) is 11.2 Å². The van der Waals surface area contributed by atoms with Crippen LogP contribution in [0.2, 0.25) is 5.02 Å². The predicted molar refractivity (Wildman–Crippen MR) is 111 cm³/mol. The fourth-order valence-corrected chi connectivity index (χ4v) is 3.47. The molecule has 0 saturated carbocycles. The van der Waals surface area contributed by atoms with Gasteiger partial charge in [-0.1, -0.05) is 41.4 Å². The van der Waals surface area contributed by atoms with Crippen molar-refractivity contribution in [3.8, 4) is 16.3 Å². The number of halogens is 1. The van der Waals surface area contributed by atoms with Gasteiger partial charge in [0.05, 0.1) is 5.69 Å². The zero-order valence-corrected chi connectivity index (χ0v) is 16.9. The normalized spacial score (nSPS) is 10.6. The lowest BCUT2D eigenvalue weighted by Crippen LogP contribution is -2.30. The highest BCUT2D eigenvalue weighted by atomic mass is 35.5. The molecule has 0 fully saturated rings. The van der Waals surface area contributed by atoms with E-state index in [1.165, 1.54) is 5.56 Å². The predicted octanol–water partition coefficient (Wildman–Crippen LogP) is 4.82. The lowest BCUT2D eigenvalue weighted by Gasteiger charge is -2.08. The summed E-state index contributed by atoms with van der Waals surface area (Å²) in [4.78, 5) is 16.6. The minimum atomic E-state index is -0.156. The van der Waals surface area contributed by atoms with Gasteiger partial charge in [0.2, 0.25) is 0 Å². The van der Waals surface area contributed by atoms with Gasteiger partial charge < -0.3 is 10.1 Å². The number of aromatic nitrogens is 1. The molecule has 1 heterocycles. The quantitative estimate of drug-likeness (QED) is 0.618. The van der Waals surface area contributed by atoms with Gasteiger partial charge in [-0.3, -0.25) is 4.79 Å². The molecule has 1 N–H and O–H groups in total. The number of thiazole rings is 1. The first-order chi connectivity index (χ1) is 13.0. The summed E-state index contributed by atoms with van der Waals surface area (Å²) in [5, 5.41) is 6.57. The highest BCUT2D eigenvalue weighted by Gasteiger charge is 2.07. The Bertz CT molecular complexity index is 922. The minimum Gasteiger partial charge on any atom is -0.484 e. The van der Waals surface area contributed by atoms with Crippen molar-refractivity contribution in [3.63, 3.8) is 0 Å². The Hall–Kier alpha value is -2.37. The Morgan fingerprint density at radius 3 is 2.70 bits per heavy atom. The lowest BCUT2D eigenvalue weighted by molar-refractivity contribution is -0.123. The molecule has 0 aliphatic carbocycles. The molecule has 4 nitrogen and oxygen atoms in total. The van der Waals surface area contributed by atoms with E-state index in [9.17, 15) is 4.79 Å². The van der Waals surface area contributed by atoms with Crippen molar-refractivity contribution >= 4 is 28.8 Å². The fraction of sp³-hybridized carbons (Fsp3) is 0.238. The average Bonchev–Trinajstić information content (AvgIpc) is 3.12. The third-order valence-corrected chi connectivity index (χ3v) is 5.42. The van der Waals surface area contributed by atoms with E-state index in [-0.39, 0.29) is 12.5 Å². The molecule has 0 bridgehead atoms. The van der Waals surface area contributed by atoms with E-state index in [0.717, 1.165) is 21.8 Å². The molecule has 0 atom stereocenters. The second kappa shape index (κ2) is 9.02. The molecule has 2 aromatic carbocycles. The number of carbonyl (C=O) groups is 1. The van der Waals surface area contributed by atoms with E-state index >= 15 is 0 Å². The number of hydrogen-bond donors (Lipinski definition) is 1. The van der Waals surface area contributed by atoms with Crippen LogP contribution in [0.3, 0.4) is 0 Å². The van der Waals surface area contributed by atoms with Crippen molar-refractivity contribution in [2.24, 2.45) is 0 Å². The Morgan fingerprint density at radius 1 is 1.19 bits per heavy atom. The van der Waals surface area contributed by atoms with Crippen molar-refractivity contribution < 1.29 is 9.53 Å². The van der Waals surface area contributed by atoms with Crippen molar-refractivity contribution in [3.05, 3.63) is 69.7 Å². The van der Waals surface area contributed by atoms with Gasteiger partial charge in [0.15, 0.2) is 6.61 Å². The Kier molecular flexibility index (Phi) is 6.48. The second-order valence-corrected chi connectivity index (χ2v) is 7.57. The van der Waals surface area contributed by atoms with Crippen molar-refractivity contribution in [1.82, 2.24) is 10.3 Å². The SMILES string of the molecule is Cc1ccc(-c2nc(CCNC(=O)COc3ccc(Cl)c(C)c3)cs2)cc1. The molecule has 0 aliphatic heterocycles. The van der Waals surface area contributed by atoms with Crippen LogP contribution in [0.15, 0.2) is 47.8 Å². The number of benzene rings is 2. The summed E-state index contributed by atoms with van der Waals surface area (Å²) >= 11 is 7.60. The number of rotatable bonds is 7. The molecule has 0 spiro atoms. The number of nitrogens with one attached hydrogen (secondary N) is 1. The largest absolute Gasteiger partial charge is 0.484 e. The second-order valence-electron chi connectivity index (χ2n) is 6.31. The van der Waals surface area contributed by atoms with Gasteiger partial charge in [-0.15, -0.1) is 11.3 Å². The summed E-state index contributed by atoms with van der Waals surface area (Å²) in [7, 11) is 0. The van der Waals surface area contributed by atoms with Gasteiger partial charge >= 0.3 is 0 Å². The van der Waals surface area contributed by atoms with E-state index in [0.29, 0.717) is 23.7 Å². The Labute approximate surface area is 168 Å². The molecule has 6 heteroatoms. The van der Waals surface area contributed by atoms with Gasteiger partial charge in [-0.25, -0.2) is 4.98 Å². The number of nitrogens with zero attached hydrogens (tertiary/aromatic N) is 1. The summed E-state index contributed by atoms with van der Waals surface area (Å²) in [5.74, 6) is 0.478. The van der Waals surface area contributed by atoms with Gasteiger partial charge in [0.25, 0.3) is 5.91 Å². The maximum absolute atomic E-state index is 11.9. The first-order valence-corrected chi connectivity index (χ1v) is 9.94. The van der Waals surface area contributed by atoms with Crippen LogP contribution in [0.25, 0.3) is 10.6 Å². The van der Waals surface area contributed by atoms with Crippen LogP contribution in [0.5, 0.6) is 5.75 Å². The van der Waals surface area contributed by atoms with Crippen molar-refractivity contribution in [1.29, 1.82) is 0 Å². The molecule has 27 heavy (non-hydrogen) atoms. The van der Waals surface area contributed by atoms with Crippen molar-refractivity contribution in [2.75, 3.05) is 13.2 Å². The van der Waals surface area contributed by atoms with E-state index < -0.39 is 0 Å². The molecule has 0 unspecified atom stereocenters. The molecular weight excluding hydrogens is 380 g/mol. The molecule has 0 saturated heterocycles. The van der Waals surface area contributed by atoms with E-state index in [4.69, 9.17) is 16.3 Å². The van der Waals surface area contributed by atoms with E-state index in [1.807, 2.05) is 18.4 Å². The number of amides is 1. The molecule has 0 aliphatic rings. The molecule has 1 aromatic heterocycles. The average molecular weight is 401 g/mol. The first-order valence-electron chi connectivity index (χ1n) is 8.68. The van der Waals surface area contributed by atoms with Gasteiger partial charge in [-0.2, -0.15) is 0 Å². The number of carbonyl (C=O) groups excluding carboxylic acids is 1. The molecular formula is C21H21ClN2O2S. The maximum atomic E-state index is 11.9. The van der Waals surface area contributed by atoms with Crippen LogP contribution >= 0.6 is 22.9 Å². The summed E-state index contributed by atoms with van der Waals surface area (Å²) in [6, 6.07) is 13.7. The zero-order valence-electron chi connectivity index (χ0n) is 15.3.